The second kappa shape index (κ2) is 8.38. The monoisotopic (exact) mass is 469 g/mol. The van der Waals surface area contributed by atoms with Crippen molar-refractivity contribution in [3.8, 4) is 0 Å². The van der Waals surface area contributed by atoms with Crippen molar-refractivity contribution < 1.29 is 13.2 Å². The average Bonchev–Trinajstić information content (AvgIpc) is 2.93. The molecule has 10 nitrogen and oxygen atoms in total. The van der Waals surface area contributed by atoms with Crippen LogP contribution < -0.4 is 16.6 Å². The smallest absolute Gasteiger partial charge is 0.332 e. The van der Waals surface area contributed by atoms with Crippen LogP contribution in [0, 0.1) is 12.8 Å². The normalized spacial score (nSPS) is 20.5. The minimum Gasteiger partial charge on any atom is -0.349 e. The lowest BCUT2D eigenvalue weighted by molar-refractivity contribution is -0.120. The maximum Gasteiger partial charge on any atom is 0.332 e. The summed E-state index contributed by atoms with van der Waals surface area (Å²) < 4.78 is 26.0. The van der Waals surface area contributed by atoms with Crippen LogP contribution in [0.2, 0.25) is 0 Å². The molecule has 0 aromatic carbocycles. The lowest BCUT2D eigenvalue weighted by Gasteiger charge is -2.23. The third-order valence-electron chi connectivity index (χ3n) is 5.09. The maximum absolute atomic E-state index is 12.9. The SMILES string of the molecule is Cc1nc(SCC(=O)N[C@]2(C)CCS(=O)(=O)C2)c2c(=O)n(C)c(=O)n(CC(C)C)c2n1. The van der Waals surface area contributed by atoms with Crippen LogP contribution in [0.4, 0.5) is 0 Å². The van der Waals surface area contributed by atoms with Gasteiger partial charge in [0.15, 0.2) is 15.5 Å². The summed E-state index contributed by atoms with van der Waals surface area (Å²) in [6, 6.07) is 0. The molecule has 1 fully saturated rings. The fraction of sp³-hybridized carbons (Fsp3) is 0.632. The topological polar surface area (TPSA) is 133 Å². The Kier molecular flexibility index (Phi) is 6.34. The number of nitrogens with one attached hydrogen (secondary N) is 1. The number of nitrogens with zero attached hydrogens (tertiary/aromatic N) is 4. The lowest BCUT2D eigenvalue weighted by atomic mass is 10.0. The van der Waals surface area contributed by atoms with Gasteiger partial charge in [0.25, 0.3) is 5.56 Å². The number of thioether (sulfide) groups is 1. The predicted molar refractivity (Wildman–Crippen MR) is 119 cm³/mol. The number of amides is 1. The number of carbonyl (C=O) groups excluding carboxylic acids is 1. The Balaban J connectivity index is 1.94. The highest BCUT2D eigenvalue weighted by Gasteiger charge is 2.39. The second-order valence-corrected chi connectivity index (χ2v) is 11.8. The number of hydrogen-bond donors (Lipinski definition) is 1. The molecule has 0 aliphatic carbocycles. The highest BCUT2D eigenvalue weighted by molar-refractivity contribution is 8.00. The van der Waals surface area contributed by atoms with Crippen LogP contribution in [-0.4, -0.2) is 56.2 Å². The molecule has 0 unspecified atom stereocenters. The quantitative estimate of drug-likeness (QED) is 0.470. The summed E-state index contributed by atoms with van der Waals surface area (Å²) in [4.78, 5) is 46.7. The van der Waals surface area contributed by atoms with E-state index in [1.54, 1.807) is 13.8 Å². The number of sulfone groups is 1. The molecule has 1 N–H and O–H groups in total. The molecule has 3 rings (SSSR count). The number of rotatable bonds is 6. The summed E-state index contributed by atoms with van der Waals surface area (Å²) in [7, 11) is -1.74. The molecular formula is C19H27N5O5S2. The molecule has 0 bridgehead atoms. The molecular weight excluding hydrogens is 442 g/mol. The summed E-state index contributed by atoms with van der Waals surface area (Å²) in [6.45, 7) is 7.68. The van der Waals surface area contributed by atoms with Gasteiger partial charge in [-0.15, -0.1) is 0 Å². The Morgan fingerprint density at radius 1 is 1.29 bits per heavy atom. The van der Waals surface area contributed by atoms with Crippen molar-refractivity contribution >= 4 is 38.5 Å². The first kappa shape index (κ1) is 23.5. The van der Waals surface area contributed by atoms with Crippen LogP contribution in [0.25, 0.3) is 11.0 Å². The van der Waals surface area contributed by atoms with Crippen LogP contribution >= 0.6 is 11.8 Å². The minimum absolute atomic E-state index is 0.0480. The van der Waals surface area contributed by atoms with Crippen molar-refractivity contribution in [1.82, 2.24) is 24.4 Å². The number of aryl methyl sites for hydroxylation is 1. The second-order valence-electron chi connectivity index (χ2n) is 8.67. The zero-order chi connectivity index (χ0) is 23.1. The zero-order valence-electron chi connectivity index (χ0n) is 18.3. The van der Waals surface area contributed by atoms with Crippen LogP contribution in [0.3, 0.4) is 0 Å². The highest BCUT2D eigenvalue weighted by Crippen LogP contribution is 2.25. The summed E-state index contributed by atoms with van der Waals surface area (Å²) in [5.41, 5.74) is -1.51. The van der Waals surface area contributed by atoms with Gasteiger partial charge in [-0.2, -0.15) is 0 Å². The van der Waals surface area contributed by atoms with Gasteiger partial charge >= 0.3 is 5.69 Å². The summed E-state index contributed by atoms with van der Waals surface area (Å²) in [5, 5.41) is 3.31. The van der Waals surface area contributed by atoms with E-state index in [1.807, 2.05) is 13.8 Å². The largest absolute Gasteiger partial charge is 0.349 e. The highest BCUT2D eigenvalue weighted by atomic mass is 32.2. The molecule has 31 heavy (non-hydrogen) atoms. The van der Waals surface area contributed by atoms with Gasteiger partial charge in [0.2, 0.25) is 5.91 Å². The minimum atomic E-state index is -3.15. The maximum atomic E-state index is 12.9. The van der Waals surface area contributed by atoms with Gasteiger partial charge in [0.05, 0.1) is 22.8 Å². The van der Waals surface area contributed by atoms with Crippen LogP contribution in [0.1, 0.15) is 33.0 Å². The number of carbonyl (C=O) groups is 1. The third-order valence-corrected chi connectivity index (χ3v) is 7.97. The number of hydrogen-bond acceptors (Lipinski definition) is 8. The molecule has 1 atom stereocenters. The average molecular weight is 470 g/mol. The lowest BCUT2D eigenvalue weighted by Crippen LogP contribution is -2.47. The van der Waals surface area contributed by atoms with Crippen molar-refractivity contribution in [1.29, 1.82) is 0 Å². The molecule has 0 spiro atoms. The molecule has 12 heteroatoms. The van der Waals surface area contributed by atoms with E-state index < -0.39 is 26.6 Å². The molecule has 1 aliphatic rings. The summed E-state index contributed by atoms with van der Waals surface area (Å²) >= 11 is 1.07. The molecule has 0 radical (unpaired) electrons. The molecule has 1 aliphatic heterocycles. The predicted octanol–water partition coefficient (Wildman–Crippen LogP) is 0.240. The number of aromatic nitrogens is 4. The van der Waals surface area contributed by atoms with Crippen molar-refractivity contribution in [3.63, 3.8) is 0 Å². The molecule has 2 aromatic heterocycles. The van der Waals surface area contributed by atoms with E-state index in [0.29, 0.717) is 23.8 Å². The molecule has 1 saturated heterocycles. The van der Waals surface area contributed by atoms with Crippen LogP contribution in [-0.2, 0) is 28.2 Å². The van der Waals surface area contributed by atoms with Gasteiger partial charge in [-0.25, -0.2) is 23.2 Å². The summed E-state index contributed by atoms with van der Waals surface area (Å²) in [6.07, 6.45) is 0.364. The van der Waals surface area contributed by atoms with Crippen LogP contribution in [0.15, 0.2) is 14.6 Å². The van der Waals surface area contributed by atoms with E-state index >= 15 is 0 Å². The molecule has 3 heterocycles. The van der Waals surface area contributed by atoms with E-state index in [1.165, 1.54) is 11.6 Å². The Hall–Kier alpha value is -2.21. The molecule has 1 amide bonds. The van der Waals surface area contributed by atoms with Crippen molar-refractivity contribution in [2.45, 2.75) is 51.2 Å². The van der Waals surface area contributed by atoms with Crippen molar-refractivity contribution in [2.24, 2.45) is 13.0 Å². The van der Waals surface area contributed by atoms with E-state index in [4.69, 9.17) is 0 Å². The molecule has 170 valence electrons. The first-order valence-electron chi connectivity index (χ1n) is 9.94. The van der Waals surface area contributed by atoms with E-state index in [2.05, 4.69) is 15.3 Å². The van der Waals surface area contributed by atoms with Gasteiger partial charge in [-0.05, 0) is 26.2 Å². The van der Waals surface area contributed by atoms with Crippen LogP contribution in [0.5, 0.6) is 0 Å². The fourth-order valence-electron chi connectivity index (χ4n) is 3.69. The fourth-order valence-corrected chi connectivity index (χ4v) is 6.64. The van der Waals surface area contributed by atoms with E-state index in [0.717, 1.165) is 16.3 Å². The van der Waals surface area contributed by atoms with Gasteiger partial charge < -0.3 is 5.32 Å². The zero-order valence-corrected chi connectivity index (χ0v) is 19.9. The van der Waals surface area contributed by atoms with Gasteiger partial charge in [-0.1, -0.05) is 25.6 Å². The number of fused-ring (bicyclic) bond motifs is 1. The molecule has 2 aromatic rings. The summed E-state index contributed by atoms with van der Waals surface area (Å²) in [5.74, 6) is 0.104. The Morgan fingerprint density at radius 2 is 1.97 bits per heavy atom. The first-order chi connectivity index (χ1) is 14.3. The van der Waals surface area contributed by atoms with E-state index in [-0.39, 0.29) is 40.1 Å². The molecule has 0 saturated carbocycles. The Bertz CT molecular complexity index is 1270. The standard InChI is InChI=1S/C19H27N5O5S2/c1-11(2)8-24-15-14(17(26)23(5)18(24)27)16(21-12(3)20-15)30-9-13(25)22-19(4)6-7-31(28,29)10-19/h11H,6-10H2,1-5H3,(H,22,25)/t19-/m1/s1. The van der Waals surface area contributed by atoms with Crippen molar-refractivity contribution in [2.75, 3.05) is 17.3 Å². The first-order valence-corrected chi connectivity index (χ1v) is 12.7. The van der Waals surface area contributed by atoms with Gasteiger partial charge in [0.1, 0.15) is 16.2 Å². The van der Waals surface area contributed by atoms with Crippen molar-refractivity contribution in [3.05, 3.63) is 26.7 Å². The third kappa shape index (κ3) is 5.00. The van der Waals surface area contributed by atoms with Gasteiger partial charge in [0, 0.05) is 13.6 Å². The van der Waals surface area contributed by atoms with E-state index in [9.17, 15) is 22.8 Å². The van der Waals surface area contributed by atoms with Gasteiger partial charge in [-0.3, -0.25) is 18.7 Å². The Labute approximate surface area is 184 Å². The Morgan fingerprint density at radius 3 is 2.55 bits per heavy atom.